The predicted molar refractivity (Wildman–Crippen MR) is 70.8 cm³/mol. The highest BCUT2D eigenvalue weighted by Crippen LogP contribution is 2.30. The first-order valence-electron chi connectivity index (χ1n) is 5.99. The van der Waals surface area contributed by atoms with Crippen LogP contribution in [0.25, 0.3) is 0 Å². The topological polar surface area (TPSA) is 93.5 Å². The molecule has 0 saturated carbocycles. The summed E-state index contributed by atoms with van der Waals surface area (Å²) in [4.78, 5) is 23.0. The molecule has 1 saturated heterocycles. The molecule has 104 valence electrons. The quantitative estimate of drug-likeness (QED) is 0.520. The Bertz CT molecular complexity index is 327. The molecule has 1 rings (SSSR count). The van der Waals surface area contributed by atoms with Gasteiger partial charge in [0, 0.05) is 13.5 Å². The van der Waals surface area contributed by atoms with Crippen molar-refractivity contribution in [3.63, 3.8) is 0 Å². The summed E-state index contributed by atoms with van der Waals surface area (Å²) >= 11 is 3.74. The SMILES string of the molecule is CC(=O)NC1[C@@H](C)C(C)C(CN)O[C@H]1C(=O)NS. The Kier molecular flexibility index (Phi) is 5.43. The molecule has 1 fully saturated rings. The minimum atomic E-state index is -0.758. The normalized spacial score (nSPS) is 35.9. The largest absolute Gasteiger partial charge is 0.361 e. The van der Waals surface area contributed by atoms with Crippen molar-refractivity contribution in [3.8, 4) is 0 Å². The van der Waals surface area contributed by atoms with Gasteiger partial charge in [-0.05, 0) is 11.8 Å². The molecular formula is C11H21N3O3S. The molecule has 0 bridgehead atoms. The molecule has 0 aliphatic carbocycles. The van der Waals surface area contributed by atoms with Crippen LogP contribution in [0.1, 0.15) is 20.8 Å². The molecule has 4 N–H and O–H groups in total. The zero-order chi connectivity index (χ0) is 13.9. The van der Waals surface area contributed by atoms with E-state index in [0.717, 1.165) is 0 Å². The molecule has 2 amide bonds. The predicted octanol–water partition coefficient (Wildman–Crippen LogP) is -0.550. The number of thiol groups is 1. The third-order valence-electron chi connectivity index (χ3n) is 3.60. The van der Waals surface area contributed by atoms with Gasteiger partial charge < -0.3 is 20.5 Å². The van der Waals surface area contributed by atoms with E-state index in [9.17, 15) is 9.59 Å². The molecule has 1 aliphatic heterocycles. The number of hydrogen-bond donors (Lipinski definition) is 4. The molecule has 1 heterocycles. The maximum absolute atomic E-state index is 11.8. The highest BCUT2D eigenvalue weighted by Gasteiger charge is 2.44. The van der Waals surface area contributed by atoms with Crippen LogP contribution < -0.4 is 15.8 Å². The summed E-state index contributed by atoms with van der Waals surface area (Å²) < 4.78 is 7.94. The number of carbonyl (C=O) groups is 2. The number of nitrogens with two attached hydrogens (primary N) is 1. The third-order valence-corrected chi connectivity index (χ3v) is 3.82. The van der Waals surface area contributed by atoms with Crippen LogP contribution in [0, 0.1) is 11.8 Å². The Hall–Kier alpha value is -0.790. The minimum Gasteiger partial charge on any atom is -0.361 e. The van der Waals surface area contributed by atoms with Crippen molar-refractivity contribution in [1.82, 2.24) is 10.0 Å². The Morgan fingerprint density at radius 2 is 1.94 bits per heavy atom. The lowest BCUT2D eigenvalue weighted by molar-refractivity contribution is -0.156. The fourth-order valence-electron chi connectivity index (χ4n) is 2.34. The summed E-state index contributed by atoms with van der Waals surface area (Å²) in [5, 5.41) is 2.77. The molecule has 0 spiro atoms. The van der Waals surface area contributed by atoms with E-state index in [1.807, 2.05) is 13.8 Å². The molecule has 1 aliphatic rings. The van der Waals surface area contributed by atoms with E-state index in [2.05, 4.69) is 22.9 Å². The number of rotatable bonds is 3. The average Bonchev–Trinajstić information content (AvgIpc) is 2.34. The number of ether oxygens (including phenoxy) is 1. The van der Waals surface area contributed by atoms with E-state index in [-0.39, 0.29) is 35.8 Å². The molecule has 3 unspecified atom stereocenters. The lowest BCUT2D eigenvalue weighted by atomic mass is 9.79. The molecule has 7 heteroatoms. The number of amides is 2. The Balaban J connectivity index is 2.93. The van der Waals surface area contributed by atoms with E-state index in [4.69, 9.17) is 10.5 Å². The second-order valence-corrected chi connectivity index (χ2v) is 4.98. The summed E-state index contributed by atoms with van der Waals surface area (Å²) in [5.41, 5.74) is 5.64. The van der Waals surface area contributed by atoms with E-state index >= 15 is 0 Å². The zero-order valence-electron chi connectivity index (χ0n) is 10.8. The standard InChI is InChI=1S/C11H21N3O3S/c1-5-6(2)9(13-7(3)15)10(11(16)14-18)17-8(5)4-12/h5-6,8-10,18H,4,12H2,1-3H3,(H,13,15)(H,14,16)/t5?,6-,8?,9?,10+/m0/s1. The van der Waals surface area contributed by atoms with Crippen molar-refractivity contribution in [2.45, 2.75) is 39.0 Å². The van der Waals surface area contributed by atoms with Gasteiger partial charge in [0.25, 0.3) is 5.91 Å². The van der Waals surface area contributed by atoms with E-state index in [1.54, 1.807) is 0 Å². The van der Waals surface area contributed by atoms with Crippen molar-refractivity contribution in [2.24, 2.45) is 17.6 Å². The van der Waals surface area contributed by atoms with Crippen LogP contribution in [0.3, 0.4) is 0 Å². The van der Waals surface area contributed by atoms with Gasteiger partial charge in [-0.25, -0.2) is 0 Å². The fraction of sp³-hybridized carbons (Fsp3) is 0.818. The molecular weight excluding hydrogens is 254 g/mol. The average molecular weight is 275 g/mol. The van der Waals surface area contributed by atoms with E-state index in [1.165, 1.54) is 6.92 Å². The minimum absolute atomic E-state index is 0.0897. The van der Waals surface area contributed by atoms with Crippen LogP contribution in [0.15, 0.2) is 0 Å². The first-order chi connectivity index (χ1) is 8.42. The Labute approximate surface area is 113 Å². The van der Waals surface area contributed by atoms with Crippen molar-refractivity contribution >= 4 is 24.6 Å². The van der Waals surface area contributed by atoms with Crippen LogP contribution >= 0.6 is 12.8 Å². The summed E-state index contributed by atoms with van der Waals surface area (Å²) in [6.07, 6.45) is -0.952. The first-order valence-corrected chi connectivity index (χ1v) is 6.43. The second kappa shape index (κ2) is 6.40. The van der Waals surface area contributed by atoms with Crippen LogP contribution in [-0.4, -0.2) is 36.6 Å². The Morgan fingerprint density at radius 3 is 2.39 bits per heavy atom. The smallest absolute Gasteiger partial charge is 0.260 e. The van der Waals surface area contributed by atoms with Crippen molar-refractivity contribution < 1.29 is 14.3 Å². The van der Waals surface area contributed by atoms with Crippen molar-refractivity contribution in [1.29, 1.82) is 0 Å². The van der Waals surface area contributed by atoms with Gasteiger partial charge in [-0.1, -0.05) is 26.7 Å². The van der Waals surface area contributed by atoms with Crippen LogP contribution in [0.4, 0.5) is 0 Å². The molecule has 0 radical (unpaired) electrons. The van der Waals surface area contributed by atoms with Crippen molar-refractivity contribution in [2.75, 3.05) is 6.54 Å². The molecule has 18 heavy (non-hydrogen) atoms. The summed E-state index contributed by atoms with van der Waals surface area (Å²) in [6.45, 7) is 5.75. The van der Waals surface area contributed by atoms with Gasteiger partial charge in [0.2, 0.25) is 5.91 Å². The summed E-state index contributed by atoms with van der Waals surface area (Å²) in [6, 6.07) is -0.368. The molecule has 0 aromatic rings. The second-order valence-electron chi connectivity index (χ2n) is 4.75. The van der Waals surface area contributed by atoms with Gasteiger partial charge in [-0.3, -0.25) is 9.59 Å². The van der Waals surface area contributed by atoms with Crippen LogP contribution in [-0.2, 0) is 14.3 Å². The van der Waals surface area contributed by atoms with Gasteiger partial charge in [0.1, 0.15) is 0 Å². The van der Waals surface area contributed by atoms with Gasteiger partial charge in [0.05, 0.1) is 12.1 Å². The maximum atomic E-state index is 11.8. The highest BCUT2D eigenvalue weighted by atomic mass is 32.1. The van der Waals surface area contributed by atoms with Gasteiger partial charge in [0.15, 0.2) is 6.10 Å². The fourth-order valence-corrected chi connectivity index (χ4v) is 2.47. The first kappa shape index (κ1) is 15.3. The lowest BCUT2D eigenvalue weighted by Gasteiger charge is -2.43. The van der Waals surface area contributed by atoms with Crippen molar-refractivity contribution in [3.05, 3.63) is 0 Å². The lowest BCUT2D eigenvalue weighted by Crippen LogP contribution is -2.61. The number of nitrogens with one attached hydrogen (secondary N) is 2. The van der Waals surface area contributed by atoms with Gasteiger partial charge in [-0.15, -0.1) is 0 Å². The highest BCUT2D eigenvalue weighted by molar-refractivity contribution is 7.78. The van der Waals surface area contributed by atoms with Crippen LogP contribution in [0.2, 0.25) is 0 Å². The van der Waals surface area contributed by atoms with E-state index < -0.39 is 6.10 Å². The molecule has 6 nitrogen and oxygen atoms in total. The Morgan fingerprint density at radius 1 is 1.33 bits per heavy atom. The zero-order valence-corrected chi connectivity index (χ0v) is 11.7. The van der Waals surface area contributed by atoms with Gasteiger partial charge >= 0.3 is 0 Å². The number of hydrogen-bond acceptors (Lipinski definition) is 5. The number of carbonyl (C=O) groups excluding carboxylic acids is 2. The van der Waals surface area contributed by atoms with E-state index in [0.29, 0.717) is 6.54 Å². The van der Waals surface area contributed by atoms with Crippen LogP contribution in [0.5, 0.6) is 0 Å². The van der Waals surface area contributed by atoms with Gasteiger partial charge in [-0.2, -0.15) is 0 Å². The summed E-state index contributed by atoms with van der Waals surface area (Å²) in [5.74, 6) is -0.303. The summed E-state index contributed by atoms with van der Waals surface area (Å²) in [7, 11) is 0. The third kappa shape index (κ3) is 3.15. The maximum Gasteiger partial charge on any atom is 0.260 e. The molecule has 0 aromatic heterocycles. The monoisotopic (exact) mass is 275 g/mol. The molecule has 0 aromatic carbocycles. The molecule has 5 atom stereocenters.